The maximum absolute atomic E-state index is 13.3. The molecule has 2 aliphatic heterocycles. The Hall–Kier alpha value is -3.31. The molecule has 0 aromatic heterocycles. The molecule has 0 radical (unpaired) electrons. The van der Waals surface area contributed by atoms with Crippen molar-refractivity contribution in [2.75, 3.05) is 18.0 Å². The predicted molar refractivity (Wildman–Crippen MR) is 112 cm³/mol. The fourth-order valence-corrected chi connectivity index (χ4v) is 4.15. The van der Waals surface area contributed by atoms with E-state index in [1.165, 1.54) is 5.56 Å². The van der Waals surface area contributed by atoms with Gasteiger partial charge >= 0.3 is 0 Å². The number of fused-ring (bicyclic) bond motifs is 3. The molecule has 0 spiro atoms. The Morgan fingerprint density at radius 2 is 1.62 bits per heavy atom. The minimum absolute atomic E-state index is 0.0382. The standard InChI is InChI=1S/C24H22N2O3/c27-21-9-5-6-17-12-14-25(16-18(17)21)15-13-24(28)26-19-7-1-3-10-22(19)29-23-11-4-2-8-20(23)26/h1-11,27H,12-16H2. The number of amides is 1. The van der Waals surface area contributed by atoms with E-state index in [1.807, 2.05) is 54.6 Å². The van der Waals surface area contributed by atoms with Crippen molar-refractivity contribution >= 4 is 17.3 Å². The maximum atomic E-state index is 13.3. The van der Waals surface area contributed by atoms with Gasteiger partial charge in [0.2, 0.25) is 5.91 Å². The minimum Gasteiger partial charge on any atom is -0.508 e. The van der Waals surface area contributed by atoms with Crippen LogP contribution in [0, 0.1) is 0 Å². The molecular formula is C24H22N2O3. The number of hydrogen-bond acceptors (Lipinski definition) is 4. The quantitative estimate of drug-likeness (QED) is 0.714. The molecule has 0 atom stereocenters. The molecule has 146 valence electrons. The second-order valence-corrected chi connectivity index (χ2v) is 7.46. The van der Waals surface area contributed by atoms with Crippen LogP contribution in [0.1, 0.15) is 17.5 Å². The summed E-state index contributed by atoms with van der Waals surface area (Å²) in [6.07, 6.45) is 1.28. The average molecular weight is 386 g/mol. The lowest BCUT2D eigenvalue weighted by Crippen LogP contribution is -2.35. The summed E-state index contributed by atoms with van der Waals surface area (Å²) in [7, 11) is 0. The zero-order chi connectivity index (χ0) is 19.8. The molecule has 0 fully saturated rings. The first-order valence-corrected chi connectivity index (χ1v) is 9.91. The largest absolute Gasteiger partial charge is 0.508 e. The van der Waals surface area contributed by atoms with E-state index in [1.54, 1.807) is 11.0 Å². The van der Waals surface area contributed by atoms with E-state index >= 15 is 0 Å². The predicted octanol–water partition coefficient (Wildman–Crippen LogP) is 4.61. The highest BCUT2D eigenvalue weighted by Crippen LogP contribution is 2.46. The van der Waals surface area contributed by atoms with Gasteiger partial charge in [-0.25, -0.2) is 0 Å². The Bertz CT molecular complexity index is 1030. The van der Waals surface area contributed by atoms with E-state index < -0.39 is 0 Å². The molecule has 1 amide bonds. The van der Waals surface area contributed by atoms with Crippen LogP contribution in [0.5, 0.6) is 17.2 Å². The second kappa shape index (κ2) is 7.26. The van der Waals surface area contributed by atoms with Gasteiger partial charge in [-0.05, 0) is 42.3 Å². The van der Waals surface area contributed by atoms with Crippen LogP contribution in [-0.4, -0.2) is 29.0 Å². The molecular weight excluding hydrogens is 364 g/mol. The monoisotopic (exact) mass is 386 g/mol. The van der Waals surface area contributed by atoms with Crippen molar-refractivity contribution in [3.05, 3.63) is 77.9 Å². The summed E-state index contributed by atoms with van der Waals surface area (Å²) < 4.78 is 5.97. The number of anilines is 2. The van der Waals surface area contributed by atoms with Gasteiger partial charge < -0.3 is 9.84 Å². The third-order valence-electron chi connectivity index (χ3n) is 5.65. The fourth-order valence-electron chi connectivity index (χ4n) is 4.15. The van der Waals surface area contributed by atoms with Gasteiger partial charge in [0.1, 0.15) is 5.75 Å². The molecule has 5 heteroatoms. The Morgan fingerprint density at radius 1 is 0.931 bits per heavy atom. The van der Waals surface area contributed by atoms with Gasteiger partial charge in [-0.15, -0.1) is 0 Å². The molecule has 5 nitrogen and oxygen atoms in total. The van der Waals surface area contributed by atoms with Crippen molar-refractivity contribution in [3.8, 4) is 17.2 Å². The van der Waals surface area contributed by atoms with Crippen LogP contribution in [0.25, 0.3) is 0 Å². The Kier molecular flexibility index (Phi) is 4.45. The van der Waals surface area contributed by atoms with Crippen LogP contribution in [-0.2, 0) is 17.8 Å². The third kappa shape index (κ3) is 3.23. The molecule has 2 heterocycles. The van der Waals surface area contributed by atoms with Crippen molar-refractivity contribution in [2.24, 2.45) is 0 Å². The van der Waals surface area contributed by atoms with Crippen molar-refractivity contribution in [1.82, 2.24) is 4.90 Å². The van der Waals surface area contributed by atoms with Crippen molar-refractivity contribution in [1.29, 1.82) is 0 Å². The molecule has 1 N–H and O–H groups in total. The number of ether oxygens (including phenoxy) is 1. The fraction of sp³-hybridized carbons (Fsp3) is 0.208. The molecule has 29 heavy (non-hydrogen) atoms. The highest BCUT2D eigenvalue weighted by atomic mass is 16.5. The van der Waals surface area contributed by atoms with E-state index in [-0.39, 0.29) is 5.91 Å². The number of phenolic OH excluding ortho intramolecular Hbond substituents is 1. The number of para-hydroxylation sites is 4. The SMILES string of the molecule is O=C(CCN1CCc2cccc(O)c2C1)N1c2ccccc2Oc2ccccc21. The molecule has 0 saturated heterocycles. The second-order valence-electron chi connectivity index (χ2n) is 7.46. The molecule has 3 aromatic carbocycles. The number of nitrogens with zero attached hydrogens (tertiary/aromatic N) is 2. The van der Waals surface area contributed by atoms with E-state index in [9.17, 15) is 9.90 Å². The number of benzene rings is 3. The number of carbonyl (C=O) groups is 1. The lowest BCUT2D eigenvalue weighted by Gasteiger charge is -2.33. The Labute approximate surface area is 169 Å². The average Bonchev–Trinajstić information content (AvgIpc) is 2.76. The first-order chi connectivity index (χ1) is 14.2. The van der Waals surface area contributed by atoms with Gasteiger partial charge in [0.25, 0.3) is 0 Å². The van der Waals surface area contributed by atoms with Crippen molar-refractivity contribution < 1.29 is 14.6 Å². The summed E-state index contributed by atoms with van der Waals surface area (Å²) in [6.45, 7) is 2.21. The van der Waals surface area contributed by atoms with E-state index in [0.717, 1.165) is 29.9 Å². The lowest BCUT2D eigenvalue weighted by atomic mass is 9.99. The summed E-state index contributed by atoms with van der Waals surface area (Å²) in [5.41, 5.74) is 3.73. The number of carbonyl (C=O) groups excluding carboxylic acids is 1. The molecule has 0 bridgehead atoms. The van der Waals surface area contributed by atoms with E-state index in [4.69, 9.17) is 4.74 Å². The minimum atomic E-state index is 0.0382. The van der Waals surface area contributed by atoms with Crippen LogP contribution >= 0.6 is 0 Å². The molecule has 5 rings (SSSR count). The highest BCUT2D eigenvalue weighted by Gasteiger charge is 2.29. The van der Waals surface area contributed by atoms with Crippen LogP contribution in [0.4, 0.5) is 11.4 Å². The van der Waals surface area contributed by atoms with Crippen molar-refractivity contribution in [3.63, 3.8) is 0 Å². The number of aromatic hydroxyl groups is 1. The molecule has 3 aromatic rings. The van der Waals surface area contributed by atoms with Crippen LogP contribution in [0.2, 0.25) is 0 Å². The first-order valence-electron chi connectivity index (χ1n) is 9.91. The maximum Gasteiger partial charge on any atom is 0.233 e. The summed E-state index contributed by atoms with van der Waals surface area (Å²) in [4.78, 5) is 17.3. The normalized spacial score (nSPS) is 15.1. The molecule has 0 unspecified atom stereocenters. The smallest absolute Gasteiger partial charge is 0.233 e. The van der Waals surface area contributed by atoms with Gasteiger partial charge in [0.05, 0.1) is 11.4 Å². The summed E-state index contributed by atoms with van der Waals surface area (Å²) >= 11 is 0. The Balaban J connectivity index is 1.35. The number of hydrogen-bond donors (Lipinski definition) is 1. The third-order valence-corrected chi connectivity index (χ3v) is 5.65. The van der Waals surface area contributed by atoms with E-state index in [0.29, 0.717) is 36.8 Å². The molecule has 0 saturated carbocycles. The summed E-state index contributed by atoms with van der Waals surface area (Å²) in [5, 5.41) is 10.2. The van der Waals surface area contributed by atoms with Gasteiger partial charge in [-0.1, -0.05) is 36.4 Å². The highest BCUT2D eigenvalue weighted by molar-refractivity contribution is 6.04. The topological polar surface area (TPSA) is 53.0 Å². The summed E-state index contributed by atoms with van der Waals surface area (Å²) in [6, 6.07) is 20.9. The van der Waals surface area contributed by atoms with Crippen LogP contribution < -0.4 is 9.64 Å². The molecule has 2 aliphatic rings. The van der Waals surface area contributed by atoms with Gasteiger partial charge in [-0.2, -0.15) is 0 Å². The molecule has 0 aliphatic carbocycles. The zero-order valence-corrected chi connectivity index (χ0v) is 16.0. The Morgan fingerprint density at radius 3 is 2.34 bits per heavy atom. The number of rotatable bonds is 3. The van der Waals surface area contributed by atoms with Crippen LogP contribution in [0.3, 0.4) is 0 Å². The van der Waals surface area contributed by atoms with Crippen molar-refractivity contribution in [2.45, 2.75) is 19.4 Å². The lowest BCUT2D eigenvalue weighted by molar-refractivity contribution is -0.118. The number of phenols is 1. The first kappa shape index (κ1) is 17.8. The van der Waals surface area contributed by atoms with Crippen LogP contribution in [0.15, 0.2) is 66.7 Å². The van der Waals surface area contributed by atoms with E-state index in [2.05, 4.69) is 11.0 Å². The summed E-state index contributed by atoms with van der Waals surface area (Å²) in [5.74, 6) is 1.76. The zero-order valence-electron chi connectivity index (χ0n) is 16.0. The van der Waals surface area contributed by atoms with Gasteiger partial charge in [-0.3, -0.25) is 14.6 Å². The van der Waals surface area contributed by atoms with Gasteiger partial charge in [0.15, 0.2) is 11.5 Å². The van der Waals surface area contributed by atoms with Gasteiger partial charge in [0, 0.05) is 31.6 Å².